The molecule has 2 aromatic rings. The molecular weight excluding hydrogens is 409 g/mol. The Kier molecular flexibility index (Phi) is 7.07. The summed E-state index contributed by atoms with van der Waals surface area (Å²) in [7, 11) is 0. The summed E-state index contributed by atoms with van der Waals surface area (Å²) >= 11 is 0. The highest BCUT2D eigenvalue weighted by molar-refractivity contribution is 5.66. The average molecular weight is 441 g/mol. The predicted octanol–water partition coefficient (Wildman–Crippen LogP) is 8.21. The molecule has 4 rings (SSSR count). The van der Waals surface area contributed by atoms with Crippen LogP contribution in [0.3, 0.4) is 0 Å². The summed E-state index contributed by atoms with van der Waals surface area (Å²) in [4.78, 5) is 0. The molecule has 4 heteroatoms. The number of ether oxygens (including phenoxy) is 1. The minimum absolute atomic E-state index is 0.00452. The number of benzene rings is 2. The molecular formula is C28H31F3O. The highest BCUT2D eigenvalue weighted by atomic mass is 19.1. The van der Waals surface area contributed by atoms with E-state index in [2.05, 4.69) is 25.7 Å². The van der Waals surface area contributed by atoms with Crippen molar-refractivity contribution in [3.63, 3.8) is 0 Å². The third kappa shape index (κ3) is 4.79. The minimum atomic E-state index is -0.850. The number of rotatable bonds is 6. The summed E-state index contributed by atoms with van der Waals surface area (Å²) in [6, 6.07) is 7.37. The van der Waals surface area contributed by atoms with Gasteiger partial charge in [0.1, 0.15) is 12.4 Å². The number of halogens is 3. The summed E-state index contributed by atoms with van der Waals surface area (Å²) < 4.78 is 48.7. The molecule has 4 unspecified atom stereocenters. The third-order valence-electron chi connectivity index (χ3n) is 7.24. The molecule has 0 aromatic heterocycles. The molecule has 170 valence electrons. The van der Waals surface area contributed by atoms with Crippen molar-refractivity contribution in [2.45, 2.75) is 51.4 Å². The Hall–Kier alpha value is -2.49. The van der Waals surface area contributed by atoms with E-state index in [0.29, 0.717) is 17.8 Å². The van der Waals surface area contributed by atoms with Gasteiger partial charge in [-0.3, -0.25) is 0 Å². The fraction of sp³-hybridized carbons (Fsp3) is 0.429. The third-order valence-corrected chi connectivity index (χ3v) is 7.24. The molecule has 1 nitrogen and oxygen atoms in total. The quantitative estimate of drug-likeness (QED) is 0.411. The van der Waals surface area contributed by atoms with Gasteiger partial charge in [0.15, 0.2) is 17.4 Å². The van der Waals surface area contributed by atoms with E-state index in [1.165, 1.54) is 31.8 Å². The lowest BCUT2D eigenvalue weighted by Gasteiger charge is -2.41. The van der Waals surface area contributed by atoms with Crippen molar-refractivity contribution >= 4 is 0 Å². The SMILES string of the molecule is C=CCOc1c(F)cc(-c2ccc(C3CCC4CC(/C=C/C)CCC4C3)cc2F)cc1F. The maximum absolute atomic E-state index is 15.0. The first-order valence-corrected chi connectivity index (χ1v) is 11.7. The molecule has 2 fully saturated rings. The number of hydrogen-bond acceptors (Lipinski definition) is 1. The molecule has 2 saturated carbocycles. The van der Waals surface area contributed by atoms with E-state index in [4.69, 9.17) is 4.74 Å². The van der Waals surface area contributed by atoms with E-state index in [-0.39, 0.29) is 17.7 Å². The predicted molar refractivity (Wildman–Crippen MR) is 123 cm³/mol. The van der Waals surface area contributed by atoms with Crippen molar-refractivity contribution in [1.29, 1.82) is 0 Å². The van der Waals surface area contributed by atoms with Gasteiger partial charge in [0, 0.05) is 5.56 Å². The summed E-state index contributed by atoms with van der Waals surface area (Å²) in [5.41, 5.74) is 1.36. The lowest BCUT2D eigenvalue weighted by atomic mass is 9.64. The van der Waals surface area contributed by atoms with E-state index < -0.39 is 23.2 Å². The van der Waals surface area contributed by atoms with E-state index in [9.17, 15) is 8.78 Å². The number of fused-ring (bicyclic) bond motifs is 1. The molecule has 0 radical (unpaired) electrons. The maximum Gasteiger partial charge on any atom is 0.191 e. The smallest absolute Gasteiger partial charge is 0.191 e. The van der Waals surface area contributed by atoms with E-state index >= 15 is 4.39 Å². The topological polar surface area (TPSA) is 9.23 Å². The molecule has 32 heavy (non-hydrogen) atoms. The first kappa shape index (κ1) is 22.7. The zero-order valence-electron chi connectivity index (χ0n) is 18.6. The molecule has 0 N–H and O–H groups in total. The second kappa shape index (κ2) is 9.97. The Labute approximate surface area is 189 Å². The fourth-order valence-corrected chi connectivity index (χ4v) is 5.69. The zero-order chi connectivity index (χ0) is 22.7. The van der Waals surface area contributed by atoms with Crippen LogP contribution in [0.25, 0.3) is 11.1 Å². The van der Waals surface area contributed by atoms with Gasteiger partial charge < -0.3 is 4.74 Å². The van der Waals surface area contributed by atoms with Gasteiger partial charge in [0.2, 0.25) is 0 Å². The first-order chi connectivity index (χ1) is 15.5. The molecule has 0 heterocycles. The lowest BCUT2D eigenvalue weighted by Crippen LogP contribution is -2.30. The second-order valence-corrected chi connectivity index (χ2v) is 9.24. The van der Waals surface area contributed by atoms with Crippen LogP contribution in [0.4, 0.5) is 13.2 Å². The zero-order valence-corrected chi connectivity index (χ0v) is 18.6. The van der Waals surface area contributed by atoms with Gasteiger partial charge in [0.05, 0.1) is 0 Å². The molecule has 0 bridgehead atoms. The van der Waals surface area contributed by atoms with E-state index in [1.54, 1.807) is 12.1 Å². The number of hydrogen-bond donors (Lipinski definition) is 0. The molecule has 4 atom stereocenters. The average Bonchev–Trinajstić information content (AvgIpc) is 2.78. The van der Waals surface area contributed by atoms with Gasteiger partial charge in [-0.05, 0) is 98.4 Å². The van der Waals surface area contributed by atoms with Crippen molar-refractivity contribution < 1.29 is 17.9 Å². The Balaban J connectivity index is 1.49. The summed E-state index contributed by atoms with van der Waals surface area (Å²) in [5, 5.41) is 0. The molecule has 0 saturated heterocycles. The normalized spacial score (nSPS) is 25.5. The first-order valence-electron chi connectivity index (χ1n) is 11.7. The maximum atomic E-state index is 15.0. The molecule has 2 aliphatic rings. The second-order valence-electron chi connectivity index (χ2n) is 9.24. The van der Waals surface area contributed by atoms with Crippen molar-refractivity contribution in [1.82, 2.24) is 0 Å². The van der Waals surface area contributed by atoms with Crippen LogP contribution in [0.5, 0.6) is 5.75 Å². The van der Waals surface area contributed by atoms with Gasteiger partial charge >= 0.3 is 0 Å². The van der Waals surface area contributed by atoms with Crippen molar-refractivity contribution in [2.75, 3.05) is 6.61 Å². The molecule has 0 aliphatic heterocycles. The van der Waals surface area contributed by atoms with Gasteiger partial charge in [-0.1, -0.05) is 36.9 Å². The van der Waals surface area contributed by atoms with Crippen LogP contribution >= 0.6 is 0 Å². The van der Waals surface area contributed by atoms with Crippen LogP contribution in [0.2, 0.25) is 0 Å². The highest BCUT2D eigenvalue weighted by Crippen LogP contribution is 2.48. The molecule has 2 aliphatic carbocycles. The van der Waals surface area contributed by atoms with Crippen molar-refractivity contribution in [3.8, 4) is 16.9 Å². The minimum Gasteiger partial charge on any atom is -0.483 e. The van der Waals surface area contributed by atoms with E-state index in [1.807, 2.05) is 6.07 Å². The number of allylic oxidation sites excluding steroid dienone is 2. The summed E-state index contributed by atoms with van der Waals surface area (Å²) in [6.07, 6.45) is 13.1. The standard InChI is InChI=1S/C28H31F3O/c1-3-5-18-6-7-20-14-21(9-8-19(20)13-18)22-10-11-24(25(29)15-22)23-16-26(30)28(27(31)17-23)32-12-4-2/h3-5,10-11,15-21H,2,6-9,12-14H2,1H3/b5-3+. The van der Waals surface area contributed by atoms with Gasteiger partial charge in [-0.25, -0.2) is 13.2 Å². The Morgan fingerprint density at radius 2 is 1.66 bits per heavy atom. The summed E-state index contributed by atoms with van der Waals surface area (Å²) in [6.45, 7) is 5.56. The Bertz CT molecular complexity index is 973. The van der Waals surface area contributed by atoms with E-state index in [0.717, 1.165) is 36.5 Å². The fourth-order valence-electron chi connectivity index (χ4n) is 5.69. The van der Waals surface area contributed by atoms with Crippen LogP contribution < -0.4 is 4.74 Å². The highest BCUT2D eigenvalue weighted by Gasteiger charge is 2.35. The molecule has 0 amide bonds. The van der Waals surface area contributed by atoms with Gasteiger partial charge in [-0.2, -0.15) is 0 Å². The molecule has 0 spiro atoms. The van der Waals surface area contributed by atoms with Gasteiger partial charge in [-0.15, -0.1) is 0 Å². The van der Waals surface area contributed by atoms with Crippen LogP contribution in [0.15, 0.2) is 55.1 Å². The molecule has 2 aromatic carbocycles. The Morgan fingerprint density at radius 3 is 2.34 bits per heavy atom. The van der Waals surface area contributed by atoms with Crippen molar-refractivity contribution in [3.05, 3.63) is 78.2 Å². The monoisotopic (exact) mass is 440 g/mol. The largest absolute Gasteiger partial charge is 0.483 e. The van der Waals surface area contributed by atoms with Crippen LogP contribution in [0.1, 0.15) is 56.9 Å². The Morgan fingerprint density at radius 1 is 0.938 bits per heavy atom. The van der Waals surface area contributed by atoms with Gasteiger partial charge in [0.25, 0.3) is 0 Å². The van der Waals surface area contributed by atoms with Crippen molar-refractivity contribution in [2.24, 2.45) is 17.8 Å². The lowest BCUT2D eigenvalue weighted by molar-refractivity contribution is 0.133. The summed E-state index contributed by atoms with van der Waals surface area (Å²) in [5.74, 6) is -0.0617. The van der Waals surface area contributed by atoms with Crippen LogP contribution in [-0.2, 0) is 0 Å². The van der Waals surface area contributed by atoms with Crippen LogP contribution in [-0.4, -0.2) is 6.61 Å². The van der Waals surface area contributed by atoms with Crippen LogP contribution in [0, 0.1) is 35.2 Å².